The van der Waals surface area contributed by atoms with E-state index in [1.807, 2.05) is 4.72 Å². The molecular weight excluding hydrogens is 348 g/mol. The molecule has 2 amide bonds. The Bertz CT molecular complexity index is 885. The Hall–Kier alpha value is -2.95. The van der Waals surface area contributed by atoms with E-state index in [9.17, 15) is 13.2 Å². The van der Waals surface area contributed by atoms with E-state index in [0.29, 0.717) is 11.4 Å². The van der Waals surface area contributed by atoms with Crippen molar-refractivity contribution < 1.29 is 17.9 Å². The second-order valence-corrected chi connectivity index (χ2v) is 6.75. The summed E-state index contributed by atoms with van der Waals surface area (Å²) in [5, 5.41) is 1.99. The molecule has 0 saturated carbocycles. The Morgan fingerprint density at radius 3 is 2.64 bits per heavy atom. The molecule has 2 N–H and O–H groups in total. The lowest BCUT2D eigenvalue weighted by Crippen LogP contribution is -2.36. The summed E-state index contributed by atoms with van der Waals surface area (Å²) in [5.74, 6) is 0.156. The number of hydrogen-bond acceptors (Lipinski definition) is 8. The number of methoxy groups -OCH3 is 1. The lowest BCUT2D eigenvalue weighted by Gasteiger charge is -2.16. The predicted octanol–water partition coefficient (Wildman–Crippen LogP) is 0.765. The molecule has 0 radical (unpaired) electrons. The minimum atomic E-state index is -4.18. The topological polar surface area (TPSA) is 126 Å². The zero-order valence-corrected chi connectivity index (χ0v) is 15.0. The molecule has 0 saturated heterocycles. The van der Waals surface area contributed by atoms with Gasteiger partial charge in [-0.25, -0.2) is 19.5 Å². The first-order valence-corrected chi connectivity index (χ1v) is 8.57. The second-order valence-electron chi connectivity index (χ2n) is 5.16. The van der Waals surface area contributed by atoms with E-state index >= 15 is 0 Å². The number of anilines is 2. The third-order valence-corrected chi connectivity index (χ3v) is 4.26. The highest BCUT2D eigenvalue weighted by Crippen LogP contribution is 2.20. The third-order valence-electron chi connectivity index (χ3n) is 2.98. The van der Waals surface area contributed by atoms with E-state index in [1.54, 1.807) is 44.1 Å². The number of nitrogens with zero attached hydrogens (tertiary/aromatic N) is 4. The molecule has 0 aliphatic rings. The minimum absolute atomic E-state index is 0.0848. The van der Waals surface area contributed by atoms with Gasteiger partial charge < -0.3 is 9.64 Å². The van der Waals surface area contributed by atoms with Gasteiger partial charge in [0.2, 0.25) is 11.8 Å². The number of sulfonamides is 1. The van der Waals surface area contributed by atoms with Crippen molar-refractivity contribution in [3.8, 4) is 5.88 Å². The van der Waals surface area contributed by atoms with Crippen LogP contribution in [0.1, 0.15) is 5.69 Å². The highest BCUT2D eigenvalue weighted by atomic mass is 32.2. The highest BCUT2D eigenvalue weighted by molar-refractivity contribution is 7.90. The monoisotopic (exact) mass is 366 g/mol. The molecule has 25 heavy (non-hydrogen) atoms. The number of carbonyl (C=O) groups is 1. The lowest BCUT2D eigenvalue weighted by atomic mass is 10.4. The van der Waals surface area contributed by atoms with Crippen molar-refractivity contribution in [1.82, 2.24) is 19.7 Å². The summed E-state index contributed by atoms with van der Waals surface area (Å²) < 4.78 is 31.7. The van der Waals surface area contributed by atoms with Crippen LogP contribution in [-0.4, -0.2) is 50.6 Å². The van der Waals surface area contributed by atoms with Gasteiger partial charge in [-0.1, -0.05) is 0 Å². The van der Waals surface area contributed by atoms with Crippen molar-refractivity contribution in [3.05, 3.63) is 30.1 Å². The van der Waals surface area contributed by atoms with E-state index in [1.165, 1.54) is 13.3 Å². The van der Waals surface area contributed by atoms with Gasteiger partial charge in [0.15, 0.2) is 5.03 Å². The van der Waals surface area contributed by atoms with Gasteiger partial charge in [0, 0.05) is 32.1 Å². The van der Waals surface area contributed by atoms with Crippen LogP contribution in [0, 0.1) is 6.92 Å². The van der Waals surface area contributed by atoms with Crippen LogP contribution in [0.15, 0.2) is 29.4 Å². The number of urea groups is 1. The smallest absolute Gasteiger partial charge is 0.335 e. The van der Waals surface area contributed by atoms with Gasteiger partial charge in [-0.15, -0.1) is 0 Å². The number of nitrogens with one attached hydrogen (secondary N) is 2. The standard InChI is InChI=1S/C14H18N6O4S/c1-9-8-11(24-4)17-13(16-9)18-14(21)19-25(22,23)12-10(20(2)3)6-5-7-15-12/h5-8H,1-4H3,(H2,16,17,18,19,21). The van der Waals surface area contributed by atoms with Crippen molar-refractivity contribution >= 4 is 27.7 Å². The molecule has 0 aromatic carbocycles. The highest BCUT2D eigenvalue weighted by Gasteiger charge is 2.24. The van der Waals surface area contributed by atoms with Crippen LogP contribution in [-0.2, 0) is 10.0 Å². The first-order chi connectivity index (χ1) is 11.7. The third kappa shape index (κ3) is 4.53. The lowest BCUT2D eigenvalue weighted by molar-refractivity contribution is 0.256. The largest absolute Gasteiger partial charge is 0.481 e. The number of rotatable bonds is 5. The summed E-state index contributed by atoms with van der Waals surface area (Å²) >= 11 is 0. The number of pyridine rings is 1. The maximum atomic E-state index is 12.4. The summed E-state index contributed by atoms with van der Waals surface area (Å²) in [6, 6.07) is 3.73. The van der Waals surface area contributed by atoms with Gasteiger partial charge in [-0.05, 0) is 19.1 Å². The summed E-state index contributed by atoms with van der Waals surface area (Å²) in [7, 11) is 0.573. The number of aromatic nitrogens is 3. The van der Waals surface area contributed by atoms with Gasteiger partial charge >= 0.3 is 6.03 Å². The van der Waals surface area contributed by atoms with Gasteiger partial charge in [0.1, 0.15) is 0 Å². The summed E-state index contributed by atoms with van der Waals surface area (Å²) in [4.78, 5) is 25.4. The van der Waals surface area contributed by atoms with Crippen LogP contribution in [0.5, 0.6) is 5.88 Å². The Morgan fingerprint density at radius 2 is 2.00 bits per heavy atom. The van der Waals surface area contributed by atoms with Crippen LogP contribution >= 0.6 is 0 Å². The SMILES string of the molecule is COc1cc(C)nc(NC(=O)NS(=O)(=O)c2ncccc2N(C)C)n1. The summed E-state index contributed by atoms with van der Waals surface area (Å²) in [6.45, 7) is 1.68. The average Bonchev–Trinajstić information content (AvgIpc) is 2.53. The number of carbonyl (C=O) groups excluding carboxylic acids is 1. The van der Waals surface area contributed by atoms with Crippen LogP contribution in [0.25, 0.3) is 0 Å². The Morgan fingerprint density at radius 1 is 1.28 bits per heavy atom. The maximum absolute atomic E-state index is 12.4. The van der Waals surface area contributed by atoms with Gasteiger partial charge in [0.25, 0.3) is 10.0 Å². The van der Waals surface area contributed by atoms with Crippen molar-refractivity contribution in [1.29, 1.82) is 0 Å². The molecule has 0 aliphatic heterocycles. The fraction of sp³-hybridized carbons (Fsp3) is 0.286. The molecule has 2 heterocycles. The van der Waals surface area contributed by atoms with Crippen molar-refractivity contribution in [2.75, 3.05) is 31.4 Å². The molecule has 0 aliphatic carbocycles. The van der Waals surface area contributed by atoms with E-state index < -0.39 is 16.1 Å². The van der Waals surface area contributed by atoms with Crippen LogP contribution in [0.2, 0.25) is 0 Å². The number of aryl methyl sites for hydroxylation is 1. The molecule has 11 heteroatoms. The molecule has 0 bridgehead atoms. The Labute approximate surface area is 145 Å². The summed E-state index contributed by atoms with van der Waals surface area (Å²) in [6.07, 6.45) is 1.33. The van der Waals surface area contributed by atoms with Gasteiger partial charge in [-0.2, -0.15) is 13.4 Å². The van der Waals surface area contributed by atoms with Crippen LogP contribution in [0.4, 0.5) is 16.4 Å². The second kappa shape index (κ2) is 7.30. The fourth-order valence-electron chi connectivity index (χ4n) is 1.93. The summed E-state index contributed by atoms with van der Waals surface area (Å²) in [5.41, 5.74) is 0.890. The Balaban J connectivity index is 2.21. The molecule has 2 aromatic rings. The Kier molecular flexibility index (Phi) is 5.37. The van der Waals surface area contributed by atoms with Gasteiger partial charge in [-0.3, -0.25) is 5.32 Å². The quantitative estimate of drug-likeness (QED) is 0.794. The first-order valence-electron chi connectivity index (χ1n) is 7.09. The van der Waals surface area contributed by atoms with Crippen molar-refractivity contribution in [2.24, 2.45) is 0 Å². The number of amides is 2. The van der Waals surface area contributed by atoms with Crippen molar-refractivity contribution in [3.63, 3.8) is 0 Å². The van der Waals surface area contributed by atoms with E-state index in [-0.39, 0.29) is 16.9 Å². The molecule has 0 fully saturated rings. The van der Waals surface area contributed by atoms with E-state index in [0.717, 1.165) is 0 Å². The molecule has 2 rings (SSSR count). The maximum Gasteiger partial charge on any atom is 0.335 e. The van der Waals surface area contributed by atoms with E-state index in [2.05, 4.69) is 20.3 Å². The van der Waals surface area contributed by atoms with Crippen LogP contribution < -0.4 is 19.7 Å². The first kappa shape index (κ1) is 18.4. The molecule has 134 valence electrons. The minimum Gasteiger partial charge on any atom is -0.481 e. The zero-order valence-electron chi connectivity index (χ0n) is 14.1. The fourth-order valence-corrected chi connectivity index (χ4v) is 3.04. The molecule has 2 aromatic heterocycles. The number of ether oxygens (including phenoxy) is 1. The average molecular weight is 366 g/mol. The normalized spacial score (nSPS) is 10.9. The zero-order chi connectivity index (χ0) is 18.6. The van der Waals surface area contributed by atoms with Crippen molar-refractivity contribution in [2.45, 2.75) is 11.9 Å². The molecule has 0 spiro atoms. The molecular formula is C14H18N6O4S. The molecule has 10 nitrogen and oxygen atoms in total. The predicted molar refractivity (Wildman–Crippen MR) is 91.2 cm³/mol. The van der Waals surface area contributed by atoms with Crippen LogP contribution in [0.3, 0.4) is 0 Å². The van der Waals surface area contributed by atoms with E-state index in [4.69, 9.17) is 4.74 Å². The molecule has 0 atom stereocenters. The van der Waals surface area contributed by atoms with Gasteiger partial charge in [0.05, 0.1) is 12.8 Å². The number of hydrogen-bond donors (Lipinski definition) is 2. The molecule has 0 unspecified atom stereocenters.